The molecule has 1 aliphatic rings. The van der Waals surface area contributed by atoms with Crippen molar-refractivity contribution in [3.63, 3.8) is 0 Å². The van der Waals surface area contributed by atoms with Gasteiger partial charge in [-0.3, -0.25) is 14.3 Å². The number of nitrogens with zero attached hydrogens (tertiary/aromatic N) is 6. The molecule has 0 saturated carbocycles. The van der Waals surface area contributed by atoms with Gasteiger partial charge in [-0.25, -0.2) is 0 Å². The lowest BCUT2D eigenvalue weighted by Crippen LogP contribution is -2.49. The van der Waals surface area contributed by atoms with Gasteiger partial charge in [-0.15, -0.1) is 0 Å². The predicted octanol–water partition coefficient (Wildman–Crippen LogP) is 3.14. The van der Waals surface area contributed by atoms with E-state index in [0.29, 0.717) is 6.54 Å². The highest BCUT2D eigenvalue weighted by Crippen LogP contribution is 2.14. The Bertz CT molecular complexity index is 1000. The number of aromatic nitrogens is 4. The number of anilines is 1. The molecule has 0 aliphatic carbocycles. The van der Waals surface area contributed by atoms with Gasteiger partial charge in [0.15, 0.2) is 10.9 Å². The molecule has 9 heteroatoms. The number of hydrogen-bond acceptors (Lipinski definition) is 4. The Hall–Kier alpha value is -2.42. The van der Waals surface area contributed by atoms with Crippen molar-refractivity contribution in [1.82, 2.24) is 29.4 Å². The van der Waals surface area contributed by atoms with Crippen molar-refractivity contribution in [3.8, 4) is 0 Å². The summed E-state index contributed by atoms with van der Waals surface area (Å²) in [5, 5.41) is 13.8. The molecule has 1 N–H and O–H groups in total. The minimum Gasteiger partial charge on any atom is -0.346 e. The Kier molecular flexibility index (Phi) is 6.36. The highest BCUT2D eigenvalue weighted by Gasteiger charge is 2.20. The number of benzene rings is 1. The molecule has 3 aromatic rings. The molecule has 0 atom stereocenters. The highest BCUT2D eigenvalue weighted by atomic mass is 35.5. The zero-order chi connectivity index (χ0) is 21.1. The summed E-state index contributed by atoms with van der Waals surface area (Å²) in [4.78, 5) is 4.66. The first-order valence-electron chi connectivity index (χ1n) is 10.0. The number of thiocarbonyl (C=S) groups is 1. The van der Waals surface area contributed by atoms with Gasteiger partial charge < -0.3 is 10.2 Å². The summed E-state index contributed by atoms with van der Waals surface area (Å²) in [5.41, 5.74) is 3.54. The van der Waals surface area contributed by atoms with Crippen LogP contribution in [0.2, 0.25) is 5.02 Å². The Morgan fingerprint density at radius 1 is 1.07 bits per heavy atom. The average Bonchev–Trinajstić information content (AvgIpc) is 3.29. The molecular weight excluding hydrogens is 418 g/mol. The van der Waals surface area contributed by atoms with Gasteiger partial charge in [-0.1, -0.05) is 23.7 Å². The van der Waals surface area contributed by atoms with Gasteiger partial charge >= 0.3 is 0 Å². The molecular formula is C21H26ClN7S. The van der Waals surface area contributed by atoms with E-state index in [1.165, 1.54) is 5.56 Å². The van der Waals surface area contributed by atoms with Gasteiger partial charge in [-0.2, -0.15) is 10.2 Å². The van der Waals surface area contributed by atoms with Crippen LogP contribution in [-0.4, -0.2) is 60.7 Å². The summed E-state index contributed by atoms with van der Waals surface area (Å²) >= 11 is 11.6. The minimum atomic E-state index is 0.693. The van der Waals surface area contributed by atoms with Crippen LogP contribution < -0.4 is 5.32 Å². The minimum absolute atomic E-state index is 0.693. The molecule has 4 rings (SSSR count). The molecule has 7 nitrogen and oxygen atoms in total. The van der Waals surface area contributed by atoms with Gasteiger partial charge in [0.1, 0.15) is 0 Å². The largest absolute Gasteiger partial charge is 0.346 e. The highest BCUT2D eigenvalue weighted by molar-refractivity contribution is 7.80. The van der Waals surface area contributed by atoms with Crippen LogP contribution in [0, 0.1) is 6.92 Å². The number of rotatable bonds is 5. The van der Waals surface area contributed by atoms with Gasteiger partial charge in [0.05, 0.1) is 12.2 Å². The quantitative estimate of drug-likeness (QED) is 0.611. The monoisotopic (exact) mass is 443 g/mol. The number of halogens is 1. The summed E-state index contributed by atoms with van der Waals surface area (Å²) in [7, 11) is 1.97. The number of piperazine rings is 1. The molecule has 1 fully saturated rings. The zero-order valence-electron chi connectivity index (χ0n) is 17.3. The fourth-order valence-electron chi connectivity index (χ4n) is 3.64. The molecule has 0 amide bonds. The third kappa shape index (κ3) is 5.19. The molecule has 0 unspecified atom stereocenters. The van der Waals surface area contributed by atoms with Crippen LogP contribution in [-0.2, 0) is 20.1 Å². The van der Waals surface area contributed by atoms with Crippen molar-refractivity contribution in [1.29, 1.82) is 0 Å². The summed E-state index contributed by atoms with van der Waals surface area (Å²) < 4.78 is 3.77. The van der Waals surface area contributed by atoms with Gasteiger partial charge in [0.2, 0.25) is 0 Å². The predicted molar refractivity (Wildman–Crippen MR) is 124 cm³/mol. The maximum Gasteiger partial charge on any atom is 0.174 e. The van der Waals surface area contributed by atoms with E-state index in [1.807, 2.05) is 52.9 Å². The maximum atomic E-state index is 5.95. The SMILES string of the molecule is Cc1nn(C)cc1CN1CCN(C(=S)Nc2ccn(Cc3ccc(Cl)cc3)n2)CC1. The first-order valence-corrected chi connectivity index (χ1v) is 10.8. The van der Waals surface area contributed by atoms with Crippen LogP contribution in [0.25, 0.3) is 0 Å². The lowest BCUT2D eigenvalue weighted by Gasteiger charge is -2.35. The molecule has 3 heterocycles. The zero-order valence-corrected chi connectivity index (χ0v) is 18.8. The van der Waals surface area contributed by atoms with Gasteiger partial charge in [-0.05, 0) is 36.8 Å². The van der Waals surface area contributed by atoms with Crippen LogP contribution in [0.5, 0.6) is 0 Å². The van der Waals surface area contributed by atoms with E-state index in [-0.39, 0.29) is 0 Å². The number of nitrogens with one attached hydrogen (secondary N) is 1. The van der Waals surface area contributed by atoms with Crippen molar-refractivity contribution < 1.29 is 0 Å². The van der Waals surface area contributed by atoms with E-state index in [1.54, 1.807) is 0 Å². The van der Waals surface area contributed by atoms with Crippen LogP contribution >= 0.6 is 23.8 Å². The first kappa shape index (κ1) is 20.8. The lowest BCUT2D eigenvalue weighted by atomic mass is 10.2. The van der Waals surface area contributed by atoms with Gasteiger partial charge in [0, 0.05) is 68.8 Å². The number of aryl methyl sites for hydroxylation is 2. The molecule has 1 aliphatic heterocycles. The average molecular weight is 444 g/mol. The lowest BCUT2D eigenvalue weighted by molar-refractivity contribution is 0.176. The van der Waals surface area contributed by atoms with E-state index in [0.717, 1.165) is 59.9 Å². The standard InChI is InChI=1S/C21H26ClN7S/c1-16-18(14-26(2)24-16)15-27-9-11-28(12-10-27)21(30)23-20-7-8-29(25-20)13-17-3-5-19(22)6-4-17/h3-8,14H,9-13,15H2,1-2H3,(H,23,25,30). The first-order chi connectivity index (χ1) is 14.5. The fourth-order valence-corrected chi connectivity index (χ4v) is 4.05. The Morgan fingerprint density at radius 2 is 1.80 bits per heavy atom. The number of hydrogen-bond donors (Lipinski definition) is 1. The molecule has 0 bridgehead atoms. The summed E-state index contributed by atoms with van der Waals surface area (Å²) in [6, 6.07) is 9.75. The van der Waals surface area contributed by atoms with Crippen LogP contribution in [0.4, 0.5) is 5.82 Å². The summed E-state index contributed by atoms with van der Waals surface area (Å²) in [5.74, 6) is 0.766. The van der Waals surface area contributed by atoms with Crippen LogP contribution in [0.1, 0.15) is 16.8 Å². The second kappa shape index (κ2) is 9.16. The van der Waals surface area contributed by atoms with Crippen molar-refractivity contribution in [2.45, 2.75) is 20.0 Å². The fraction of sp³-hybridized carbons (Fsp3) is 0.381. The normalized spacial score (nSPS) is 14.8. The van der Waals surface area contributed by atoms with E-state index in [2.05, 4.69) is 38.4 Å². The van der Waals surface area contributed by atoms with E-state index in [9.17, 15) is 0 Å². The Balaban J connectivity index is 1.26. The van der Waals surface area contributed by atoms with E-state index in [4.69, 9.17) is 23.8 Å². The van der Waals surface area contributed by atoms with Crippen molar-refractivity contribution in [3.05, 3.63) is 64.6 Å². The second-order valence-electron chi connectivity index (χ2n) is 7.63. The van der Waals surface area contributed by atoms with Crippen LogP contribution in [0.15, 0.2) is 42.7 Å². The summed E-state index contributed by atoms with van der Waals surface area (Å²) in [6.45, 7) is 7.44. The Morgan fingerprint density at radius 3 is 2.47 bits per heavy atom. The maximum absolute atomic E-state index is 5.95. The third-order valence-electron chi connectivity index (χ3n) is 5.30. The Labute approximate surface area is 187 Å². The molecule has 30 heavy (non-hydrogen) atoms. The molecule has 0 spiro atoms. The molecule has 1 saturated heterocycles. The van der Waals surface area contributed by atoms with Crippen molar-refractivity contribution >= 4 is 34.7 Å². The molecule has 1 aromatic carbocycles. The van der Waals surface area contributed by atoms with Crippen molar-refractivity contribution in [2.75, 3.05) is 31.5 Å². The van der Waals surface area contributed by atoms with E-state index >= 15 is 0 Å². The van der Waals surface area contributed by atoms with Gasteiger partial charge in [0.25, 0.3) is 0 Å². The van der Waals surface area contributed by atoms with Crippen LogP contribution in [0.3, 0.4) is 0 Å². The molecule has 0 radical (unpaired) electrons. The second-order valence-corrected chi connectivity index (χ2v) is 8.45. The molecule has 2 aromatic heterocycles. The summed E-state index contributed by atoms with van der Waals surface area (Å²) in [6.07, 6.45) is 4.06. The third-order valence-corrected chi connectivity index (χ3v) is 5.91. The molecule has 158 valence electrons. The topological polar surface area (TPSA) is 54.2 Å². The smallest absolute Gasteiger partial charge is 0.174 e. The van der Waals surface area contributed by atoms with E-state index < -0.39 is 0 Å². The van der Waals surface area contributed by atoms with Crippen molar-refractivity contribution in [2.24, 2.45) is 7.05 Å².